The molecule has 0 aliphatic rings. The third kappa shape index (κ3) is 4.34. The molecule has 0 saturated heterocycles. The Morgan fingerprint density at radius 2 is 1.97 bits per heavy atom. The van der Waals surface area contributed by atoms with Crippen molar-refractivity contribution in [1.29, 1.82) is 0 Å². The first kappa shape index (κ1) is 20.7. The highest BCUT2D eigenvalue weighted by Gasteiger charge is 2.13. The first-order valence-electron chi connectivity index (χ1n) is 9.93. The lowest BCUT2D eigenvalue weighted by molar-refractivity contribution is -0.116. The van der Waals surface area contributed by atoms with E-state index in [1.807, 2.05) is 31.2 Å². The number of esters is 1. The molecule has 0 spiro atoms. The summed E-state index contributed by atoms with van der Waals surface area (Å²) in [7, 11) is 0. The Balaban J connectivity index is 1.48. The van der Waals surface area contributed by atoms with E-state index in [4.69, 9.17) is 4.74 Å². The van der Waals surface area contributed by atoms with Gasteiger partial charge in [0, 0.05) is 24.4 Å². The number of aromatic nitrogens is 2. The van der Waals surface area contributed by atoms with E-state index in [0.717, 1.165) is 21.2 Å². The van der Waals surface area contributed by atoms with Crippen molar-refractivity contribution >= 4 is 49.5 Å². The number of benzene rings is 2. The van der Waals surface area contributed by atoms with Gasteiger partial charge < -0.3 is 14.6 Å². The molecular weight excluding hydrogens is 414 g/mol. The molecule has 1 amide bonds. The highest BCUT2D eigenvalue weighted by atomic mass is 32.1. The predicted octanol–water partition coefficient (Wildman–Crippen LogP) is 4.13. The van der Waals surface area contributed by atoms with Crippen molar-refractivity contribution in [2.24, 2.45) is 0 Å². The topological polar surface area (TPSA) is 90.3 Å². The first-order valence-corrected chi connectivity index (χ1v) is 10.7. The minimum Gasteiger partial charge on any atom is -0.462 e. The van der Waals surface area contributed by atoms with Gasteiger partial charge in [-0.1, -0.05) is 29.5 Å². The number of aryl methyl sites for hydroxylation is 2. The lowest BCUT2D eigenvalue weighted by atomic mass is 10.1. The van der Waals surface area contributed by atoms with E-state index in [0.29, 0.717) is 22.8 Å². The molecule has 0 saturated carbocycles. The van der Waals surface area contributed by atoms with Crippen LogP contribution in [-0.2, 0) is 16.1 Å². The molecule has 4 rings (SSSR count). The Hall–Kier alpha value is -3.52. The Labute approximate surface area is 182 Å². The van der Waals surface area contributed by atoms with Crippen LogP contribution >= 0.6 is 11.3 Å². The number of thiazole rings is 1. The summed E-state index contributed by atoms with van der Waals surface area (Å²) in [6, 6.07) is 14.3. The van der Waals surface area contributed by atoms with E-state index in [2.05, 4.69) is 10.3 Å². The maximum Gasteiger partial charge on any atom is 0.338 e. The van der Waals surface area contributed by atoms with Crippen molar-refractivity contribution in [3.63, 3.8) is 0 Å². The second-order valence-corrected chi connectivity index (χ2v) is 8.09. The Bertz CT molecular complexity index is 1360. The van der Waals surface area contributed by atoms with Crippen LogP contribution in [0.3, 0.4) is 0 Å². The van der Waals surface area contributed by atoms with Crippen LogP contribution in [0.5, 0.6) is 0 Å². The number of nitrogens with one attached hydrogen (secondary N) is 1. The van der Waals surface area contributed by atoms with Crippen LogP contribution in [0.15, 0.2) is 53.3 Å². The van der Waals surface area contributed by atoms with Crippen LogP contribution < -0.4 is 10.9 Å². The van der Waals surface area contributed by atoms with Crippen LogP contribution in [0.4, 0.5) is 5.13 Å². The zero-order chi connectivity index (χ0) is 22.0. The van der Waals surface area contributed by atoms with Crippen LogP contribution in [0.1, 0.15) is 29.3 Å². The van der Waals surface area contributed by atoms with Gasteiger partial charge >= 0.3 is 5.97 Å². The number of hydrogen-bond acceptors (Lipinski definition) is 6. The molecule has 8 heteroatoms. The minimum absolute atomic E-state index is 0.129. The first-order chi connectivity index (χ1) is 15.0. The van der Waals surface area contributed by atoms with Gasteiger partial charge in [0.15, 0.2) is 5.13 Å². The predicted molar refractivity (Wildman–Crippen MR) is 122 cm³/mol. The molecule has 4 aromatic rings. The molecule has 0 radical (unpaired) electrons. The van der Waals surface area contributed by atoms with Crippen molar-refractivity contribution < 1.29 is 14.3 Å². The Morgan fingerprint density at radius 1 is 1.16 bits per heavy atom. The summed E-state index contributed by atoms with van der Waals surface area (Å²) in [6.07, 6.45) is 0.136. The monoisotopic (exact) mass is 435 g/mol. The molecule has 0 aliphatic carbocycles. The van der Waals surface area contributed by atoms with Gasteiger partial charge in [0.05, 0.1) is 27.9 Å². The van der Waals surface area contributed by atoms with E-state index in [-0.39, 0.29) is 30.4 Å². The highest BCUT2D eigenvalue weighted by molar-refractivity contribution is 7.22. The molecule has 31 heavy (non-hydrogen) atoms. The number of para-hydroxylation sites is 1. The average Bonchev–Trinajstić information content (AvgIpc) is 3.15. The number of anilines is 1. The molecule has 158 valence electrons. The Morgan fingerprint density at radius 3 is 2.77 bits per heavy atom. The smallest absolute Gasteiger partial charge is 0.338 e. The number of rotatable bonds is 6. The molecule has 7 nitrogen and oxygen atoms in total. The van der Waals surface area contributed by atoms with E-state index in [1.165, 1.54) is 11.3 Å². The molecule has 2 heterocycles. The zero-order valence-electron chi connectivity index (χ0n) is 17.2. The van der Waals surface area contributed by atoms with E-state index in [9.17, 15) is 14.4 Å². The normalized spacial score (nSPS) is 11.0. The summed E-state index contributed by atoms with van der Waals surface area (Å²) >= 11 is 1.29. The van der Waals surface area contributed by atoms with Gasteiger partial charge in [0.1, 0.15) is 0 Å². The Kier molecular flexibility index (Phi) is 5.81. The molecule has 2 aromatic carbocycles. The number of pyridine rings is 1. The molecule has 1 N–H and O–H groups in total. The number of carbonyl (C=O) groups is 2. The molecular formula is C23H21N3O4S. The fourth-order valence-electron chi connectivity index (χ4n) is 3.45. The van der Waals surface area contributed by atoms with Crippen LogP contribution in [-0.4, -0.2) is 28.0 Å². The SMILES string of the molecule is CCOC(=O)c1ccc2nc(NC(=O)CCn3c(=O)cc(C)c4ccccc43)sc2c1. The summed E-state index contributed by atoms with van der Waals surface area (Å²) in [4.78, 5) is 41.3. The van der Waals surface area contributed by atoms with E-state index in [1.54, 1.807) is 35.8 Å². The number of nitrogens with zero attached hydrogens (tertiary/aromatic N) is 2. The fraction of sp³-hybridized carbons (Fsp3) is 0.217. The number of hydrogen-bond donors (Lipinski definition) is 1. The van der Waals surface area contributed by atoms with Crippen LogP contribution in [0, 0.1) is 6.92 Å². The van der Waals surface area contributed by atoms with Crippen molar-refractivity contribution in [3.05, 3.63) is 70.0 Å². The molecule has 0 fully saturated rings. The number of carbonyl (C=O) groups excluding carboxylic acids is 2. The quantitative estimate of drug-likeness (QED) is 0.460. The van der Waals surface area contributed by atoms with Crippen LogP contribution in [0.25, 0.3) is 21.1 Å². The maximum atomic E-state index is 12.5. The van der Waals surface area contributed by atoms with Gasteiger partial charge in [0.25, 0.3) is 5.56 Å². The van der Waals surface area contributed by atoms with E-state index >= 15 is 0 Å². The average molecular weight is 436 g/mol. The minimum atomic E-state index is -0.390. The molecule has 2 aromatic heterocycles. The van der Waals surface area contributed by atoms with Crippen molar-refractivity contribution in [3.8, 4) is 0 Å². The number of ether oxygens (including phenoxy) is 1. The van der Waals surface area contributed by atoms with E-state index < -0.39 is 0 Å². The zero-order valence-corrected chi connectivity index (χ0v) is 18.0. The lowest BCUT2D eigenvalue weighted by Crippen LogP contribution is -2.23. The van der Waals surface area contributed by atoms with Crippen molar-refractivity contribution in [1.82, 2.24) is 9.55 Å². The standard InChI is InChI=1S/C23H21N3O4S/c1-3-30-22(29)15-8-9-17-19(13-15)31-23(24-17)25-20(27)10-11-26-18-7-5-4-6-16(18)14(2)12-21(26)28/h4-9,12-13H,3,10-11H2,1-2H3,(H,24,25,27). The molecule has 0 bridgehead atoms. The van der Waals surface area contributed by atoms with Gasteiger partial charge in [-0.25, -0.2) is 9.78 Å². The molecule has 0 atom stereocenters. The second-order valence-electron chi connectivity index (χ2n) is 7.05. The number of fused-ring (bicyclic) bond motifs is 2. The summed E-state index contributed by atoms with van der Waals surface area (Å²) in [5, 5.41) is 4.23. The molecule has 0 unspecified atom stereocenters. The van der Waals surface area contributed by atoms with Crippen molar-refractivity contribution in [2.45, 2.75) is 26.8 Å². The van der Waals surface area contributed by atoms with Gasteiger partial charge in [-0.05, 0) is 43.7 Å². The van der Waals surface area contributed by atoms with Gasteiger partial charge in [-0.15, -0.1) is 0 Å². The van der Waals surface area contributed by atoms with Gasteiger partial charge in [-0.2, -0.15) is 0 Å². The van der Waals surface area contributed by atoms with Gasteiger partial charge in [0.2, 0.25) is 5.91 Å². The van der Waals surface area contributed by atoms with Gasteiger partial charge in [-0.3, -0.25) is 9.59 Å². The fourth-order valence-corrected chi connectivity index (χ4v) is 4.37. The van der Waals surface area contributed by atoms with Crippen molar-refractivity contribution in [2.75, 3.05) is 11.9 Å². The summed E-state index contributed by atoms with van der Waals surface area (Å²) in [5.41, 5.74) is 2.73. The second kappa shape index (κ2) is 8.69. The summed E-state index contributed by atoms with van der Waals surface area (Å²) in [5.74, 6) is -0.625. The maximum absolute atomic E-state index is 12.5. The third-order valence-corrected chi connectivity index (χ3v) is 5.87. The summed E-state index contributed by atoms with van der Waals surface area (Å²) < 4.78 is 7.41. The highest BCUT2D eigenvalue weighted by Crippen LogP contribution is 2.27. The largest absolute Gasteiger partial charge is 0.462 e. The molecule has 0 aliphatic heterocycles. The number of amides is 1. The third-order valence-electron chi connectivity index (χ3n) is 4.93. The van der Waals surface area contributed by atoms with Crippen LogP contribution in [0.2, 0.25) is 0 Å². The lowest BCUT2D eigenvalue weighted by Gasteiger charge is -2.11. The summed E-state index contributed by atoms with van der Waals surface area (Å²) in [6.45, 7) is 4.23.